The fourth-order valence-electron chi connectivity index (χ4n) is 5.85. The second-order valence-electron chi connectivity index (χ2n) is 10.3. The van der Waals surface area contributed by atoms with Crippen LogP contribution in [0, 0.1) is 5.92 Å². The summed E-state index contributed by atoms with van der Waals surface area (Å²) in [7, 11) is 4.01. The normalized spacial score (nSPS) is 23.6. The fraction of sp³-hybridized carbons (Fsp3) is 0.556. The lowest BCUT2D eigenvalue weighted by molar-refractivity contribution is -0.134. The maximum atomic E-state index is 13.6. The van der Waals surface area contributed by atoms with Crippen LogP contribution in [0.5, 0.6) is 0 Å². The Morgan fingerprint density at radius 3 is 2.79 bits per heavy atom. The molecule has 7 heteroatoms. The van der Waals surface area contributed by atoms with E-state index in [0.29, 0.717) is 19.6 Å². The van der Waals surface area contributed by atoms with Crippen LogP contribution in [-0.2, 0) is 17.6 Å². The first kappa shape index (κ1) is 24.5. The quantitative estimate of drug-likeness (QED) is 0.522. The molecule has 2 heterocycles. The molecule has 4 rings (SSSR count). The van der Waals surface area contributed by atoms with E-state index in [1.165, 1.54) is 27.1 Å². The van der Waals surface area contributed by atoms with Crippen LogP contribution in [0.15, 0.2) is 30.9 Å². The molecule has 1 aliphatic carbocycles. The molecule has 1 aliphatic heterocycles. The van der Waals surface area contributed by atoms with E-state index in [-0.39, 0.29) is 29.3 Å². The van der Waals surface area contributed by atoms with Gasteiger partial charge in [-0.05, 0) is 70.9 Å². The van der Waals surface area contributed by atoms with Gasteiger partial charge in [0.2, 0.25) is 5.91 Å². The lowest BCUT2D eigenvalue weighted by atomic mass is 9.65. The molecule has 0 spiro atoms. The van der Waals surface area contributed by atoms with Crippen molar-refractivity contribution in [2.45, 2.75) is 51.0 Å². The first-order valence-corrected chi connectivity index (χ1v) is 12.5. The van der Waals surface area contributed by atoms with Gasteiger partial charge in [-0.25, -0.2) is 4.79 Å². The van der Waals surface area contributed by atoms with Gasteiger partial charge in [0.1, 0.15) is 0 Å². The smallest absolute Gasteiger partial charge is 0.324 e. The third-order valence-corrected chi connectivity index (χ3v) is 7.53. The minimum atomic E-state index is -0.285. The second kappa shape index (κ2) is 9.92. The number of fused-ring (bicyclic) bond motifs is 2. The van der Waals surface area contributed by atoms with Crippen LogP contribution < -0.4 is 10.6 Å². The number of piperidine rings is 1. The molecule has 0 bridgehead atoms. The predicted molar refractivity (Wildman–Crippen MR) is 137 cm³/mol. The van der Waals surface area contributed by atoms with Crippen LogP contribution in [0.1, 0.15) is 49.4 Å². The first-order valence-electron chi connectivity index (χ1n) is 12.5. The van der Waals surface area contributed by atoms with Gasteiger partial charge in [0.25, 0.3) is 0 Å². The number of amides is 3. The lowest BCUT2D eigenvalue weighted by Gasteiger charge is -2.48. The number of carbonyl (C=O) groups is 2. The van der Waals surface area contributed by atoms with E-state index in [0.717, 1.165) is 37.7 Å². The van der Waals surface area contributed by atoms with Crippen LogP contribution in [0.25, 0.3) is 10.9 Å². The van der Waals surface area contributed by atoms with Gasteiger partial charge in [-0.1, -0.05) is 18.2 Å². The maximum absolute atomic E-state index is 13.6. The largest absolute Gasteiger partial charge is 0.358 e. The zero-order chi connectivity index (χ0) is 24.5. The van der Waals surface area contributed by atoms with Crippen LogP contribution in [0.2, 0.25) is 0 Å². The number of hydrogen-bond donors (Lipinski definition) is 3. The summed E-state index contributed by atoms with van der Waals surface area (Å²) in [5, 5.41) is 7.88. The first-order chi connectivity index (χ1) is 16.3. The van der Waals surface area contributed by atoms with Gasteiger partial charge >= 0.3 is 6.03 Å². The molecule has 7 nitrogen and oxygen atoms in total. The van der Waals surface area contributed by atoms with Crippen molar-refractivity contribution >= 4 is 22.8 Å². The van der Waals surface area contributed by atoms with Crippen molar-refractivity contribution in [1.82, 2.24) is 25.4 Å². The molecule has 3 atom stereocenters. The minimum absolute atomic E-state index is 0.0707. The number of benzene rings is 1. The molecule has 2 aliphatic rings. The van der Waals surface area contributed by atoms with Gasteiger partial charge in [-0.2, -0.15) is 0 Å². The van der Waals surface area contributed by atoms with E-state index in [4.69, 9.17) is 0 Å². The second-order valence-corrected chi connectivity index (χ2v) is 10.3. The molecule has 0 saturated carbocycles. The van der Waals surface area contributed by atoms with Crippen molar-refractivity contribution in [3.8, 4) is 0 Å². The standard InChI is InChI=1S/C27H39N5O2/c1-6-10-22-20-16-27(3)21(19-11-8-12-23(30-22)24(19)20)15-18(17-29-27)25(33)32(26(34)28-7-2)14-9-13-31(4)5/h6,8,11-12,18,21,29-30H,1,7,9-10,13-17H2,2-5H3,(H,28,34)/t18?,21?,27-/m1/s1. The van der Waals surface area contributed by atoms with E-state index in [1.54, 1.807) is 0 Å². The van der Waals surface area contributed by atoms with Crippen molar-refractivity contribution in [2.75, 3.05) is 40.3 Å². The van der Waals surface area contributed by atoms with Crippen molar-refractivity contribution < 1.29 is 9.59 Å². The molecule has 1 saturated heterocycles. The topological polar surface area (TPSA) is 80.5 Å². The highest BCUT2D eigenvalue weighted by Gasteiger charge is 2.47. The van der Waals surface area contributed by atoms with Gasteiger partial charge in [0.15, 0.2) is 0 Å². The van der Waals surface area contributed by atoms with Crippen LogP contribution >= 0.6 is 0 Å². The van der Waals surface area contributed by atoms with Gasteiger partial charge < -0.3 is 20.5 Å². The Kier molecular flexibility index (Phi) is 7.14. The highest BCUT2D eigenvalue weighted by molar-refractivity contribution is 5.96. The Bertz CT molecular complexity index is 1070. The van der Waals surface area contributed by atoms with E-state index >= 15 is 0 Å². The van der Waals surface area contributed by atoms with Crippen molar-refractivity contribution in [2.24, 2.45) is 5.92 Å². The van der Waals surface area contributed by atoms with Crippen molar-refractivity contribution in [3.63, 3.8) is 0 Å². The van der Waals surface area contributed by atoms with Crippen molar-refractivity contribution in [1.29, 1.82) is 0 Å². The molecule has 3 N–H and O–H groups in total. The third kappa shape index (κ3) is 4.51. The lowest BCUT2D eigenvalue weighted by Crippen LogP contribution is -2.59. The van der Waals surface area contributed by atoms with E-state index < -0.39 is 0 Å². The minimum Gasteiger partial charge on any atom is -0.358 e. The maximum Gasteiger partial charge on any atom is 0.324 e. The Labute approximate surface area is 202 Å². The summed E-state index contributed by atoms with van der Waals surface area (Å²) in [6.45, 7) is 10.4. The molecule has 34 heavy (non-hydrogen) atoms. The van der Waals surface area contributed by atoms with E-state index in [2.05, 4.69) is 52.2 Å². The molecule has 3 amide bonds. The zero-order valence-electron chi connectivity index (χ0n) is 21.0. The number of carbonyl (C=O) groups excluding carboxylic acids is 2. The van der Waals surface area contributed by atoms with Gasteiger partial charge in [0.05, 0.1) is 5.92 Å². The Hall–Kier alpha value is -2.64. The summed E-state index contributed by atoms with van der Waals surface area (Å²) in [5.41, 5.74) is 4.94. The highest BCUT2D eigenvalue weighted by atomic mass is 16.2. The van der Waals surface area contributed by atoms with E-state index in [1.807, 2.05) is 27.1 Å². The molecular weight excluding hydrogens is 426 g/mol. The van der Waals surface area contributed by atoms with Crippen LogP contribution in [-0.4, -0.2) is 72.5 Å². The summed E-state index contributed by atoms with van der Waals surface area (Å²) >= 11 is 0. The third-order valence-electron chi connectivity index (χ3n) is 7.53. The molecule has 1 aromatic carbocycles. The van der Waals surface area contributed by atoms with Crippen molar-refractivity contribution in [3.05, 3.63) is 47.7 Å². The molecule has 184 valence electrons. The van der Waals surface area contributed by atoms with Crippen LogP contribution in [0.3, 0.4) is 0 Å². The molecule has 2 aromatic rings. The molecule has 0 radical (unpaired) electrons. The number of urea groups is 1. The number of nitrogens with zero attached hydrogens (tertiary/aromatic N) is 2. The Morgan fingerprint density at radius 1 is 1.29 bits per heavy atom. The monoisotopic (exact) mass is 465 g/mol. The summed E-state index contributed by atoms with van der Waals surface area (Å²) in [6, 6.07) is 6.17. The Morgan fingerprint density at radius 2 is 2.09 bits per heavy atom. The van der Waals surface area contributed by atoms with E-state index in [9.17, 15) is 9.59 Å². The molecule has 1 aromatic heterocycles. The molecule has 2 unspecified atom stereocenters. The average molecular weight is 466 g/mol. The highest BCUT2D eigenvalue weighted by Crippen LogP contribution is 2.48. The number of rotatable bonds is 8. The summed E-state index contributed by atoms with van der Waals surface area (Å²) < 4.78 is 0. The van der Waals surface area contributed by atoms with Gasteiger partial charge in [-0.3, -0.25) is 9.69 Å². The van der Waals surface area contributed by atoms with Gasteiger partial charge in [0, 0.05) is 54.1 Å². The fourth-order valence-corrected chi connectivity index (χ4v) is 5.85. The number of hydrogen-bond acceptors (Lipinski definition) is 4. The zero-order valence-corrected chi connectivity index (χ0v) is 21.0. The summed E-state index contributed by atoms with van der Waals surface area (Å²) in [4.78, 5) is 33.5. The summed E-state index contributed by atoms with van der Waals surface area (Å²) in [5.74, 6) is -0.0984. The average Bonchev–Trinajstić information content (AvgIpc) is 3.14. The van der Waals surface area contributed by atoms with Gasteiger partial charge in [-0.15, -0.1) is 6.58 Å². The molecular formula is C27H39N5O2. The number of aromatic amines is 1. The summed E-state index contributed by atoms with van der Waals surface area (Å²) in [6.07, 6.45) is 5.19. The number of imide groups is 1. The van der Waals surface area contributed by atoms with Crippen LogP contribution in [0.4, 0.5) is 4.79 Å². The number of allylic oxidation sites excluding steroid dienone is 1. The number of H-pyrrole nitrogens is 1. The number of aromatic nitrogens is 1. The predicted octanol–water partition coefficient (Wildman–Crippen LogP) is 3.41. The number of nitrogens with one attached hydrogen (secondary N) is 3. The molecule has 1 fully saturated rings. The Balaban J connectivity index is 1.61. The SMILES string of the molecule is C=CCc1[nH]c2cccc3c2c1C[C@@]1(C)NCC(C(=O)N(CCCN(C)C)C(=O)NCC)CC31.